The number of thiophene rings is 1. The molecule has 4 atom stereocenters. The summed E-state index contributed by atoms with van der Waals surface area (Å²) in [6.45, 7) is 2.95. The van der Waals surface area contributed by atoms with Crippen molar-refractivity contribution in [3.8, 4) is 0 Å². The Morgan fingerprint density at radius 3 is 2.60 bits per heavy atom. The van der Waals surface area contributed by atoms with Gasteiger partial charge in [0.1, 0.15) is 29.2 Å². The number of aliphatic hydroxyl groups excluding tert-OH is 5. The van der Waals surface area contributed by atoms with Crippen LogP contribution in [0.3, 0.4) is 0 Å². The van der Waals surface area contributed by atoms with Gasteiger partial charge in [-0.3, -0.25) is 9.78 Å². The molecule has 0 amide bonds. The molecule has 7 N–H and O–H groups in total. The molecule has 0 aliphatic heterocycles. The van der Waals surface area contributed by atoms with Crippen molar-refractivity contribution in [2.24, 2.45) is 5.10 Å². The number of fused-ring (bicyclic) bond motifs is 1. The molecule has 0 unspecified atom stereocenters. The van der Waals surface area contributed by atoms with Gasteiger partial charge in [0.2, 0.25) is 5.95 Å². The van der Waals surface area contributed by atoms with Crippen molar-refractivity contribution in [2.75, 3.05) is 12.0 Å². The van der Waals surface area contributed by atoms with Crippen molar-refractivity contribution >= 4 is 33.7 Å². The van der Waals surface area contributed by atoms with Crippen LogP contribution >= 0.6 is 11.3 Å². The van der Waals surface area contributed by atoms with Crippen LogP contribution in [0.25, 0.3) is 10.2 Å². The first-order chi connectivity index (χ1) is 11.8. The number of rotatable bonds is 7. The summed E-state index contributed by atoms with van der Waals surface area (Å²) in [5.41, 5.74) is 2.95. The van der Waals surface area contributed by atoms with Crippen LogP contribution < -0.4 is 11.0 Å². The zero-order valence-corrected chi connectivity index (χ0v) is 14.4. The maximum absolute atomic E-state index is 12.1. The lowest BCUT2D eigenvalue weighted by Crippen LogP contribution is -2.46. The van der Waals surface area contributed by atoms with Crippen molar-refractivity contribution in [3.63, 3.8) is 0 Å². The van der Waals surface area contributed by atoms with E-state index in [2.05, 4.69) is 20.5 Å². The van der Waals surface area contributed by atoms with E-state index in [4.69, 9.17) is 5.11 Å². The van der Waals surface area contributed by atoms with Gasteiger partial charge in [0.05, 0.1) is 18.2 Å². The van der Waals surface area contributed by atoms with Crippen LogP contribution in [0.15, 0.2) is 9.90 Å². The number of hydrogen-bond donors (Lipinski definition) is 7. The summed E-state index contributed by atoms with van der Waals surface area (Å²) in [6, 6.07) is 0. The summed E-state index contributed by atoms with van der Waals surface area (Å²) in [5, 5.41) is 50.9. The fourth-order valence-corrected chi connectivity index (χ4v) is 3.14. The number of hydrazone groups is 1. The molecule has 0 saturated heterocycles. The maximum atomic E-state index is 12.1. The Morgan fingerprint density at radius 1 is 1.28 bits per heavy atom. The number of aromatic amines is 1. The molecule has 25 heavy (non-hydrogen) atoms. The van der Waals surface area contributed by atoms with E-state index in [-0.39, 0.29) is 11.5 Å². The van der Waals surface area contributed by atoms with Gasteiger partial charge in [-0.25, -0.2) is 10.4 Å². The number of anilines is 1. The number of hydrogen-bond acceptors (Lipinski definition) is 10. The molecule has 0 fully saturated rings. The van der Waals surface area contributed by atoms with E-state index in [1.165, 1.54) is 11.3 Å². The van der Waals surface area contributed by atoms with Gasteiger partial charge in [-0.2, -0.15) is 5.10 Å². The molecule has 0 aliphatic carbocycles. The summed E-state index contributed by atoms with van der Waals surface area (Å²) in [5.74, 6) is 0.0487. The minimum Gasteiger partial charge on any atom is -0.394 e. The third-order valence-electron chi connectivity index (χ3n) is 3.72. The standard InChI is InChI=1S/C14H20N4O6S/c1-5-6(2)25-13-9(5)12(24)16-14(17-13)18-15-3-7(20)10(22)11(23)8(21)4-19/h3,7-8,10-11,19-23H,4H2,1-2H3,(H2,16,17,18,24)/b15-3+/t7-,8+,10+,11-/m0/s1. The molecule has 10 nitrogen and oxygen atoms in total. The second-order valence-electron chi connectivity index (χ2n) is 5.49. The molecule has 2 aromatic heterocycles. The SMILES string of the molecule is Cc1sc2nc(N/N=C/[C@H](O)[C@@H](O)[C@@H](O)[C@H](O)CO)[nH]c(=O)c2c1C. The number of aryl methyl sites for hydroxylation is 2. The minimum absolute atomic E-state index is 0.0487. The molecule has 0 saturated carbocycles. The van der Waals surface area contributed by atoms with Gasteiger partial charge in [-0.15, -0.1) is 11.3 Å². The molecular weight excluding hydrogens is 352 g/mol. The molecule has 0 radical (unpaired) electrons. The smallest absolute Gasteiger partial charge is 0.261 e. The van der Waals surface area contributed by atoms with Crippen molar-refractivity contribution in [1.82, 2.24) is 9.97 Å². The summed E-state index contributed by atoms with van der Waals surface area (Å²) in [4.78, 5) is 20.3. The molecule has 0 aliphatic rings. The van der Waals surface area contributed by atoms with E-state index in [1.54, 1.807) is 0 Å². The molecular formula is C14H20N4O6S. The summed E-state index contributed by atoms with van der Waals surface area (Å²) in [6.07, 6.45) is -5.86. The first-order valence-corrected chi connectivity index (χ1v) is 8.20. The topological polar surface area (TPSA) is 171 Å². The van der Waals surface area contributed by atoms with Crippen LogP contribution in [0, 0.1) is 13.8 Å². The van der Waals surface area contributed by atoms with Gasteiger partial charge in [0.15, 0.2) is 0 Å². The van der Waals surface area contributed by atoms with Gasteiger partial charge in [0, 0.05) is 4.88 Å². The van der Waals surface area contributed by atoms with Crippen LogP contribution in [0.4, 0.5) is 5.95 Å². The highest BCUT2D eigenvalue weighted by atomic mass is 32.1. The first-order valence-electron chi connectivity index (χ1n) is 7.38. The van der Waals surface area contributed by atoms with Crippen molar-refractivity contribution < 1.29 is 25.5 Å². The van der Waals surface area contributed by atoms with Gasteiger partial charge >= 0.3 is 0 Å². The minimum atomic E-state index is -1.76. The number of nitrogens with zero attached hydrogens (tertiary/aromatic N) is 2. The lowest BCUT2D eigenvalue weighted by atomic mass is 10.0. The highest BCUT2D eigenvalue weighted by molar-refractivity contribution is 7.18. The number of H-pyrrole nitrogens is 1. The molecule has 138 valence electrons. The summed E-state index contributed by atoms with van der Waals surface area (Å²) in [7, 11) is 0. The lowest BCUT2D eigenvalue weighted by molar-refractivity contribution is -0.0999. The average molecular weight is 372 g/mol. The normalized spacial score (nSPS) is 16.9. The highest BCUT2D eigenvalue weighted by Gasteiger charge is 2.29. The second-order valence-corrected chi connectivity index (χ2v) is 6.69. The highest BCUT2D eigenvalue weighted by Crippen LogP contribution is 2.26. The molecule has 0 aromatic carbocycles. The zero-order chi connectivity index (χ0) is 18.7. The fraction of sp³-hybridized carbons (Fsp3) is 0.500. The van der Waals surface area contributed by atoms with Crippen molar-refractivity contribution in [3.05, 3.63) is 20.8 Å². The number of aromatic nitrogens is 2. The Balaban J connectivity index is 2.09. The monoisotopic (exact) mass is 372 g/mol. The Morgan fingerprint density at radius 2 is 1.96 bits per heavy atom. The van der Waals surface area contributed by atoms with E-state index in [0.717, 1.165) is 16.7 Å². The van der Waals surface area contributed by atoms with E-state index in [9.17, 15) is 25.2 Å². The van der Waals surface area contributed by atoms with Crippen LogP contribution in [-0.4, -0.2) is 72.7 Å². The first kappa shape index (κ1) is 19.4. The molecule has 2 heterocycles. The Labute approximate surface area is 146 Å². The van der Waals surface area contributed by atoms with Gasteiger partial charge < -0.3 is 25.5 Å². The van der Waals surface area contributed by atoms with E-state index in [1.807, 2.05) is 13.8 Å². The van der Waals surface area contributed by atoms with Gasteiger partial charge in [-0.1, -0.05) is 0 Å². The third-order valence-corrected chi connectivity index (χ3v) is 4.82. The average Bonchev–Trinajstić information content (AvgIpc) is 2.87. The molecule has 11 heteroatoms. The Hall–Kier alpha value is -1.89. The Kier molecular flexibility index (Phi) is 6.21. The lowest BCUT2D eigenvalue weighted by Gasteiger charge is -2.23. The largest absolute Gasteiger partial charge is 0.394 e. The fourth-order valence-electron chi connectivity index (χ4n) is 2.11. The van der Waals surface area contributed by atoms with Crippen LogP contribution in [0.1, 0.15) is 10.4 Å². The second kappa shape index (κ2) is 7.99. The van der Waals surface area contributed by atoms with Crippen molar-refractivity contribution in [2.45, 2.75) is 38.3 Å². The van der Waals surface area contributed by atoms with Crippen LogP contribution in [0.5, 0.6) is 0 Å². The molecule has 0 spiro atoms. The number of aliphatic hydroxyl groups is 5. The van der Waals surface area contributed by atoms with E-state index < -0.39 is 31.0 Å². The Bertz CT molecular complexity index is 819. The van der Waals surface area contributed by atoms with Gasteiger partial charge in [0.25, 0.3) is 5.56 Å². The third kappa shape index (κ3) is 4.21. The van der Waals surface area contributed by atoms with Crippen LogP contribution in [-0.2, 0) is 0 Å². The predicted octanol–water partition coefficient (Wildman–Crippen LogP) is -1.56. The molecule has 2 rings (SSSR count). The van der Waals surface area contributed by atoms with E-state index >= 15 is 0 Å². The van der Waals surface area contributed by atoms with Crippen molar-refractivity contribution in [1.29, 1.82) is 0 Å². The zero-order valence-electron chi connectivity index (χ0n) is 13.5. The van der Waals surface area contributed by atoms with Crippen LogP contribution in [0.2, 0.25) is 0 Å². The van der Waals surface area contributed by atoms with Gasteiger partial charge in [-0.05, 0) is 19.4 Å². The number of nitrogens with one attached hydrogen (secondary N) is 2. The molecule has 2 aromatic rings. The predicted molar refractivity (Wildman–Crippen MR) is 92.9 cm³/mol. The molecule has 0 bridgehead atoms. The summed E-state index contributed by atoms with van der Waals surface area (Å²) < 4.78 is 0. The quantitative estimate of drug-likeness (QED) is 0.226. The summed E-state index contributed by atoms with van der Waals surface area (Å²) >= 11 is 1.36. The maximum Gasteiger partial charge on any atom is 0.261 e. The van der Waals surface area contributed by atoms with E-state index in [0.29, 0.717) is 10.2 Å².